The number of hydrogen-bond acceptors (Lipinski definition) is 3. The van der Waals surface area contributed by atoms with Gasteiger partial charge in [0, 0.05) is 26.9 Å². The number of rotatable bonds is 7. The van der Waals surface area contributed by atoms with E-state index in [-0.39, 0.29) is 4.90 Å². The Morgan fingerprint density at radius 3 is 2.65 bits per heavy atom. The monoisotopic (exact) mass is 424 g/mol. The molecule has 0 aromatic heterocycles. The van der Waals surface area contributed by atoms with Gasteiger partial charge in [-0.2, -0.15) is 0 Å². The van der Waals surface area contributed by atoms with E-state index in [1.807, 2.05) is 6.92 Å². The molecule has 0 amide bonds. The second-order valence-corrected chi connectivity index (χ2v) is 7.54. The molecule has 0 saturated carbocycles. The molecule has 0 heterocycles. The van der Waals surface area contributed by atoms with Crippen molar-refractivity contribution in [2.45, 2.75) is 24.7 Å². The predicted octanol–water partition coefficient (Wildman–Crippen LogP) is 3.89. The number of nitrogens with zero attached hydrogens (tertiary/aromatic N) is 3. The van der Waals surface area contributed by atoms with Crippen LogP contribution < -0.4 is 4.72 Å². The molecule has 0 unspecified atom stereocenters. The zero-order chi connectivity index (χ0) is 15.2. The average molecular weight is 426 g/mol. The molecule has 0 spiro atoms. The molecule has 1 aromatic carbocycles. The van der Waals surface area contributed by atoms with Gasteiger partial charge >= 0.3 is 0 Å². The Balaban J connectivity index is 2.70. The SMILES string of the molecule is Cc1cc(Br)c(S(=O)(=O)NCCCCN=[N+]=[N-])cc1Br. The molecule has 110 valence electrons. The fraction of sp³-hybridized carbons (Fsp3) is 0.455. The minimum atomic E-state index is -3.55. The molecule has 1 rings (SSSR count). The summed E-state index contributed by atoms with van der Waals surface area (Å²) in [6.07, 6.45) is 1.26. The van der Waals surface area contributed by atoms with E-state index >= 15 is 0 Å². The predicted molar refractivity (Wildman–Crippen MR) is 85.0 cm³/mol. The zero-order valence-electron chi connectivity index (χ0n) is 10.8. The first-order chi connectivity index (χ1) is 9.38. The molecular formula is C11H14Br2N4O2S. The van der Waals surface area contributed by atoms with E-state index in [1.165, 1.54) is 0 Å². The smallest absolute Gasteiger partial charge is 0.211 e. The third kappa shape index (κ3) is 5.06. The molecule has 6 nitrogen and oxygen atoms in total. The van der Waals surface area contributed by atoms with Crippen LogP contribution in [0.4, 0.5) is 0 Å². The summed E-state index contributed by atoms with van der Waals surface area (Å²) in [5, 5.41) is 3.39. The van der Waals surface area contributed by atoms with Crippen LogP contribution in [-0.2, 0) is 10.0 Å². The fourth-order valence-electron chi connectivity index (χ4n) is 1.47. The van der Waals surface area contributed by atoms with E-state index < -0.39 is 10.0 Å². The van der Waals surface area contributed by atoms with Gasteiger partial charge in [0.25, 0.3) is 0 Å². The van der Waals surface area contributed by atoms with Crippen molar-refractivity contribution in [3.05, 3.63) is 37.1 Å². The van der Waals surface area contributed by atoms with Gasteiger partial charge in [0.05, 0.1) is 4.90 Å². The van der Waals surface area contributed by atoms with Crippen LogP contribution in [0.3, 0.4) is 0 Å². The zero-order valence-corrected chi connectivity index (χ0v) is 14.8. The topological polar surface area (TPSA) is 94.9 Å². The Kier molecular flexibility index (Phi) is 6.97. The summed E-state index contributed by atoms with van der Waals surface area (Å²) in [7, 11) is -3.55. The number of nitrogens with one attached hydrogen (secondary N) is 1. The Labute approximate surface area is 134 Å². The molecule has 1 aromatic rings. The molecule has 1 N–H and O–H groups in total. The maximum atomic E-state index is 12.2. The van der Waals surface area contributed by atoms with Gasteiger partial charge < -0.3 is 0 Å². The standard InChI is InChI=1S/C11H14Br2N4O2S/c1-8-6-10(13)11(7-9(8)12)20(18,19)16-5-3-2-4-15-17-14/h6-7,16H,2-5H2,1H3. The highest BCUT2D eigenvalue weighted by Crippen LogP contribution is 2.28. The third-order valence-corrected chi connectivity index (χ3v) is 5.82. The second-order valence-electron chi connectivity index (χ2n) is 4.09. The van der Waals surface area contributed by atoms with Crippen molar-refractivity contribution in [2.24, 2.45) is 5.11 Å². The number of azide groups is 1. The van der Waals surface area contributed by atoms with Gasteiger partial charge in [-0.25, -0.2) is 13.1 Å². The molecule has 0 aliphatic carbocycles. The Morgan fingerprint density at radius 1 is 1.30 bits per heavy atom. The molecule has 0 fully saturated rings. The molecule has 20 heavy (non-hydrogen) atoms. The molecule has 0 radical (unpaired) electrons. The van der Waals surface area contributed by atoms with Crippen molar-refractivity contribution in [3.8, 4) is 0 Å². The number of benzene rings is 1. The normalized spacial score (nSPS) is 11.2. The van der Waals surface area contributed by atoms with Gasteiger partial charge in [-0.3, -0.25) is 0 Å². The summed E-state index contributed by atoms with van der Waals surface area (Å²) in [5.74, 6) is 0. The van der Waals surface area contributed by atoms with Crippen LogP contribution in [0.15, 0.2) is 31.1 Å². The highest BCUT2D eigenvalue weighted by Gasteiger charge is 2.18. The summed E-state index contributed by atoms with van der Waals surface area (Å²) in [6.45, 7) is 2.56. The number of aryl methyl sites for hydroxylation is 1. The maximum Gasteiger partial charge on any atom is 0.241 e. The first kappa shape index (κ1) is 17.5. The van der Waals surface area contributed by atoms with Gasteiger partial charge in [-0.05, 0) is 58.9 Å². The van der Waals surface area contributed by atoms with Crippen LogP contribution in [0, 0.1) is 6.92 Å². The number of unbranched alkanes of at least 4 members (excludes halogenated alkanes) is 1. The Morgan fingerprint density at radius 2 is 2.00 bits per heavy atom. The van der Waals surface area contributed by atoms with Crippen molar-refractivity contribution in [3.63, 3.8) is 0 Å². The lowest BCUT2D eigenvalue weighted by Gasteiger charge is -2.10. The van der Waals surface area contributed by atoms with E-state index in [9.17, 15) is 8.42 Å². The van der Waals surface area contributed by atoms with Gasteiger partial charge in [0.1, 0.15) is 0 Å². The van der Waals surface area contributed by atoms with E-state index in [2.05, 4.69) is 46.6 Å². The summed E-state index contributed by atoms with van der Waals surface area (Å²) in [6, 6.07) is 3.32. The van der Waals surface area contributed by atoms with Gasteiger partial charge in [0.15, 0.2) is 0 Å². The first-order valence-corrected chi connectivity index (χ1v) is 8.91. The summed E-state index contributed by atoms with van der Waals surface area (Å²) < 4.78 is 28.1. The largest absolute Gasteiger partial charge is 0.241 e. The minimum Gasteiger partial charge on any atom is -0.211 e. The molecule has 0 aliphatic heterocycles. The van der Waals surface area contributed by atoms with Crippen LogP contribution >= 0.6 is 31.9 Å². The maximum absolute atomic E-state index is 12.2. The van der Waals surface area contributed by atoms with E-state index in [1.54, 1.807) is 12.1 Å². The highest BCUT2D eigenvalue weighted by atomic mass is 79.9. The number of sulfonamides is 1. The third-order valence-electron chi connectivity index (χ3n) is 2.54. The van der Waals surface area contributed by atoms with Crippen molar-refractivity contribution < 1.29 is 8.42 Å². The molecule has 0 bridgehead atoms. The summed E-state index contributed by atoms with van der Waals surface area (Å²) in [5.41, 5.74) is 9.07. The minimum absolute atomic E-state index is 0.199. The Hall–Kier alpha value is -0.600. The van der Waals surface area contributed by atoms with Gasteiger partial charge in [-0.15, -0.1) is 0 Å². The van der Waals surface area contributed by atoms with Crippen molar-refractivity contribution in [1.82, 2.24) is 4.72 Å². The molecule has 0 aliphatic rings. The number of halogens is 2. The molecule has 0 saturated heterocycles. The lowest BCUT2D eigenvalue weighted by molar-refractivity contribution is 0.576. The lowest BCUT2D eigenvalue weighted by Crippen LogP contribution is -2.25. The van der Waals surface area contributed by atoms with E-state index in [0.29, 0.717) is 30.4 Å². The van der Waals surface area contributed by atoms with E-state index in [0.717, 1.165) is 10.0 Å². The lowest BCUT2D eigenvalue weighted by atomic mass is 10.2. The quantitative estimate of drug-likeness (QED) is 0.310. The summed E-state index contributed by atoms with van der Waals surface area (Å²) >= 11 is 6.59. The number of hydrogen-bond donors (Lipinski definition) is 1. The van der Waals surface area contributed by atoms with Crippen LogP contribution in [0.25, 0.3) is 10.4 Å². The van der Waals surface area contributed by atoms with Crippen molar-refractivity contribution in [2.75, 3.05) is 13.1 Å². The average Bonchev–Trinajstić information content (AvgIpc) is 2.37. The van der Waals surface area contributed by atoms with Crippen LogP contribution in [0.1, 0.15) is 18.4 Å². The second kappa shape index (κ2) is 7.99. The van der Waals surface area contributed by atoms with Crippen molar-refractivity contribution >= 4 is 41.9 Å². The molecular weight excluding hydrogens is 412 g/mol. The van der Waals surface area contributed by atoms with Gasteiger partial charge in [-0.1, -0.05) is 21.0 Å². The fourth-order valence-corrected chi connectivity index (χ4v) is 4.22. The van der Waals surface area contributed by atoms with Crippen LogP contribution in [0.2, 0.25) is 0 Å². The Bertz CT molecular complexity index is 628. The van der Waals surface area contributed by atoms with E-state index in [4.69, 9.17) is 5.53 Å². The van der Waals surface area contributed by atoms with Crippen LogP contribution in [0.5, 0.6) is 0 Å². The molecule has 9 heteroatoms. The highest BCUT2D eigenvalue weighted by molar-refractivity contribution is 9.11. The van der Waals surface area contributed by atoms with Gasteiger partial charge in [0.2, 0.25) is 10.0 Å². The summed E-state index contributed by atoms with van der Waals surface area (Å²) in [4.78, 5) is 2.83. The molecule has 0 atom stereocenters. The van der Waals surface area contributed by atoms with Crippen molar-refractivity contribution in [1.29, 1.82) is 0 Å². The first-order valence-electron chi connectivity index (χ1n) is 5.84. The van der Waals surface area contributed by atoms with Crippen LogP contribution in [-0.4, -0.2) is 21.5 Å².